The SMILES string of the molecule is CC/C=C\C/C=C\C/C=C\C/C=C\C/C=C\C/C=C\CCCCCCC(=O)OC(COC(=O)CCCCCCCCCCCCCC)COC(=O)CCCCCCCCCCCCCCCCCCC/C=C\C/C=C\CCCCCCC. The van der Waals surface area contributed by atoms with Crippen LogP contribution in [0.2, 0.25) is 0 Å². The lowest BCUT2D eigenvalue weighted by Gasteiger charge is -2.18. The Morgan fingerprint density at radius 1 is 0.256 bits per heavy atom. The molecule has 6 heteroatoms. The second-order valence-corrected chi connectivity index (χ2v) is 23.4. The maximum atomic E-state index is 12.9. The summed E-state index contributed by atoms with van der Waals surface area (Å²) in [5.74, 6) is -0.894. The third-order valence-electron chi connectivity index (χ3n) is 15.3. The van der Waals surface area contributed by atoms with Gasteiger partial charge >= 0.3 is 17.9 Å². The second-order valence-electron chi connectivity index (χ2n) is 23.4. The Labute approximate surface area is 508 Å². The Bertz CT molecular complexity index is 1590. The molecule has 0 amide bonds. The topological polar surface area (TPSA) is 78.9 Å². The van der Waals surface area contributed by atoms with E-state index in [0.29, 0.717) is 19.3 Å². The van der Waals surface area contributed by atoms with Crippen LogP contribution >= 0.6 is 0 Å². The number of unbranched alkanes of at least 4 members (excludes halogenated alkanes) is 37. The number of ether oxygens (including phenoxy) is 3. The van der Waals surface area contributed by atoms with Crippen LogP contribution in [0.3, 0.4) is 0 Å². The van der Waals surface area contributed by atoms with Crippen LogP contribution in [0.5, 0.6) is 0 Å². The van der Waals surface area contributed by atoms with Gasteiger partial charge in [0.15, 0.2) is 6.10 Å². The molecule has 0 aliphatic heterocycles. The molecule has 472 valence electrons. The van der Waals surface area contributed by atoms with Crippen LogP contribution < -0.4 is 0 Å². The molecule has 0 N–H and O–H groups in total. The van der Waals surface area contributed by atoms with E-state index in [4.69, 9.17) is 14.2 Å². The molecule has 1 unspecified atom stereocenters. The van der Waals surface area contributed by atoms with Gasteiger partial charge in [0.25, 0.3) is 0 Å². The van der Waals surface area contributed by atoms with Crippen LogP contribution in [0, 0.1) is 0 Å². The normalized spacial score (nSPS) is 12.7. The fourth-order valence-corrected chi connectivity index (χ4v) is 10.1. The average molecular weight is 1140 g/mol. The van der Waals surface area contributed by atoms with Crippen molar-refractivity contribution in [2.45, 2.75) is 354 Å². The molecule has 0 fully saturated rings. The lowest BCUT2D eigenvalue weighted by molar-refractivity contribution is -0.167. The third-order valence-corrected chi connectivity index (χ3v) is 15.3. The standard InChI is InChI=1S/C76H132O6/c1-4-7-10-13-16-19-22-25-27-29-31-33-35-36-37-38-39-40-42-43-45-47-49-51-54-57-60-63-66-69-75(78)81-72-73(71-80-74(77)68-65-62-59-56-53-24-21-18-15-12-9-6-3)82-76(79)70-67-64-61-58-55-52-50-48-46-44-41-34-32-30-28-26-23-20-17-14-11-8-5-2/h8,11,17,20,22,25-26,28-29,31-32,34,44,46,50,52,73H,4-7,9-10,12-16,18-19,21,23-24,27,30,33,35-43,45,47-49,51,53-72H2,1-3H3/b11-8-,20-17-,25-22-,28-26-,31-29-,34-32-,46-44-,52-50-. The van der Waals surface area contributed by atoms with Gasteiger partial charge in [-0.15, -0.1) is 0 Å². The van der Waals surface area contributed by atoms with E-state index in [-0.39, 0.29) is 31.1 Å². The largest absolute Gasteiger partial charge is 0.462 e. The van der Waals surface area contributed by atoms with Gasteiger partial charge in [0.1, 0.15) is 13.2 Å². The van der Waals surface area contributed by atoms with Gasteiger partial charge in [-0.05, 0) is 103 Å². The Kier molecular flexibility index (Phi) is 66.7. The highest BCUT2D eigenvalue weighted by molar-refractivity contribution is 5.71. The van der Waals surface area contributed by atoms with Crippen LogP contribution in [0.15, 0.2) is 97.2 Å². The van der Waals surface area contributed by atoms with Crippen LogP contribution in [-0.4, -0.2) is 37.2 Å². The zero-order valence-electron chi connectivity index (χ0n) is 54.2. The number of allylic oxidation sites excluding steroid dienone is 16. The summed E-state index contributed by atoms with van der Waals surface area (Å²) in [4.78, 5) is 38.4. The first-order valence-corrected chi connectivity index (χ1v) is 35.2. The molecule has 0 bridgehead atoms. The molecule has 0 heterocycles. The van der Waals surface area contributed by atoms with Crippen molar-refractivity contribution < 1.29 is 28.6 Å². The fourth-order valence-electron chi connectivity index (χ4n) is 10.1. The molecule has 6 nitrogen and oxygen atoms in total. The smallest absolute Gasteiger partial charge is 0.306 e. The monoisotopic (exact) mass is 1140 g/mol. The molecule has 0 aliphatic rings. The molecule has 0 spiro atoms. The van der Waals surface area contributed by atoms with E-state index in [1.165, 1.54) is 193 Å². The van der Waals surface area contributed by atoms with Crippen molar-refractivity contribution in [2.24, 2.45) is 0 Å². The molecule has 82 heavy (non-hydrogen) atoms. The first-order chi connectivity index (χ1) is 40.5. The summed E-state index contributed by atoms with van der Waals surface area (Å²) >= 11 is 0. The number of carbonyl (C=O) groups excluding carboxylic acids is 3. The molecule has 0 aromatic carbocycles. The molecule has 0 rings (SSSR count). The number of esters is 3. The van der Waals surface area contributed by atoms with E-state index < -0.39 is 6.10 Å². The highest BCUT2D eigenvalue weighted by atomic mass is 16.6. The van der Waals surface area contributed by atoms with E-state index in [1.54, 1.807) is 0 Å². The summed E-state index contributed by atoms with van der Waals surface area (Å²) in [5.41, 5.74) is 0. The Morgan fingerprint density at radius 2 is 0.476 bits per heavy atom. The minimum absolute atomic E-state index is 0.0844. The van der Waals surface area contributed by atoms with Crippen molar-refractivity contribution in [3.63, 3.8) is 0 Å². The molecule has 0 aromatic rings. The van der Waals surface area contributed by atoms with Crippen LogP contribution in [-0.2, 0) is 28.6 Å². The zero-order chi connectivity index (χ0) is 59.2. The van der Waals surface area contributed by atoms with E-state index >= 15 is 0 Å². The van der Waals surface area contributed by atoms with Crippen LogP contribution in [0.25, 0.3) is 0 Å². The summed E-state index contributed by atoms with van der Waals surface area (Å²) in [6.07, 6.45) is 94.4. The van der Waals surface area contributed by atoms with Crippen molar-refractivity contribution in [1.29, 1.82) is 0 Å². The number of carbonyl (C=O) groups is 3. The maximum Gasteiger partial charge on any atom is 0.306 e. The van der Waals surface area contributed by atoms with Crippen molar-refractivity contribution in [3.05, 3.63) is 97.2 Å². The van der Waals surface area contributed by atoms with E-state index in [2.05, 4.69) is 118 Å². The lowest BCUT2D eigenvalue weighted by Crippen LogP contribution is -2.30. The highest BCUT2D eigenvalue weighted by Crippen LogP contribution is 2.17. The van der Waals surface area contributed by atoms with Crippen molar-refractivity contribution in [1.82, 2.24) is 0 Å². The van der Waals surface area contributed by atoms with Gasteiger partial charge in [-0.1, -0.05) is 323 Å². The Balaban J connectivity index is 4.27. The highest BCUT2D eigenvalue weighted by Gasteiger charge is 2.19. The van der Waals surface area contributed by atoms with Crippen molar-refractivity contribution in [2.75, 3.05) is 13.2 Å². The minimum Gasteiger partial charge on any atom is -0.462 e. The lowest BCUT2D eigenvalue weighted by atomic mass is 10.0. The summed E-state index contributed by atoms with van der Waals surface area (Å²) < 4.78 is 16.9. The van der Waals surface area contributed by atoms with E-state index in [0.717, 1.165) is 116 Å². The molecule has 0 aromatic heterocycles. The predicted molar refractivity (Wildman–Crippen MR) is 357 cm³/mol. The summed E-state index contributed by atoms with van der Waals surface area (Å²) in [6.45, 7) is 6.53. The van der Waals surface area contributed by atoms with Gasteiger partial charge in [-0.2, -0.15) is 0 Å². The number of rotatable bonds is 64. The van der Waals surface area contributed by atoms with Crippen molar-refractivity contribution >= 4 is 17.9 Å². The Hall–Kier alpha value is -3.67. The average Bonchev–Trinajstić information content (AvgIpc) is 3.47. The Morgan fingerprint density at radius 3 is 0.744 bits per heavy atom. The van der Waals surface area contributed by atoms with Gasteiger partial charge in [0.2, 0.25) is 0 Å². The summed E-state index contributed by atoms with van der Waals surface area (Å²) in [7, 11) is 0. The molecule has 0 radical (unpaired) electrons. The summed E-state index contributed by atoms with van der Waals surface area (Å²) in [6, 6.07) is 0. The molecule has 0 saturated carbocycles. The predicted octanol–water partition coefficient (Wildman–Crippen LogP) is 24.4. The van der Waals surface area contributed by atoms with Crippen molar-refractivity contribution in [3.8, 4) is 0 Å². The van der Waals surface area contributed by atoms with Crippen LogP contribution in [0.4, 0.5) is 0 Å². The first kappa shape index (κ1) is 78.3. The molecule has 0 aliphatic carbocycles. The van der Waals surface area contributed by atoms with Gasteiger partial charge in [0.05, 0.1) is 0 Å². The molecular formula is C76H132O6. The third kappa shape index (κ3) is 67.1. The van der Waals surface area contributed by atoms with E-state index in [1.807, 2.05) is 0 Å². The van der Waals surface area contributed by atoms with Crippen LogP contribution in [0.1, 0.15) is 348 Å². The zero-order valence-corrected chi connectivity index (χ0v) is 54.2. The van der Waals surface area contributed by atoms with E-state index in [9.17, 15) is 14.4 Å². The van der Waals surface area contributed by atoms with Gasteiger partial charge in [-0.3, -0.25) is 14.4 Å². The number of hydrogen-bond acceptors (Lipinski definition) is 6. The fraction of sp³-hybridized carbons (Fsp3) is 0.750. The van der Waals surface area contributed by atoms with Gasteiger partial charge in [0, 0.05) is 19.3 Å². The molecular weight excluding hydrogens is 1010 g/mol. The van der Waals surface area contributed by atoms with Gasteiger partial charge in [-0.25, -0.2) is 0 Å². The first-order valence-electron chi connectivity index (χ1n) is 35.2. The quantitative estimate of drug-likeness (QED) is 0.0261. The maximum absolute atomic E-state index is 12.9. The van der Waals surface area contributed by atoms with Gasteiger partial charge < -0.3 is 14.2 Å². The molecule has 1 atom stereocenters. The minimum atomic E-state index is -0.791. The molecule has 0 saturated heterocycles. The number of hydrogen-bond donors (Lipinski definition) is 0. The second kappa shape index (κ2) is 69.8. The summed E-state index contributed by atoms with van der Waals surface area (Å²) in [5, 5.41) is 0.